The summed E-state index contributed by atoms with van der Waals surface area (Å²) >= 11 is 0. The number of hydrogen-bond acceptors (Lipinski definition) is 5. The molecule has 1 aromatic rings. The lowest BCUT2D eigenvalue weighted by Crippen LogP contribution is -2.38. The highest BCUT2D eigenvalue weighted by atomic mass is 28.3. The Morgan fingerprint density at radius 2 is 2.05 bits per heavy atom. The molecule has 0 aliphatic rings. The molecule has 0 aliphatic carbocycles. The van der Waals surface area contributed by atoms with E-state index in [4.69, 9.17) is 10.2 Å². The highest BCUT2D eigenvalue weighted by Gasteiger charge is 2.20. The maximum absolute atomic E-state index is 10.7. The third-order valence-corrected chi connectivity index (χ3v) is 3.97. The molecule has 0 heterocycles. The number of nitrogens with zero attached hydrogens (tertiary/aromatic N) is 1. The van der Waals surface area contributed by atoms with Crippen LogP contribution >= 0.6 is 0 Å². The molecule has 0 amide bonds. The van der Waals surface area contributed by atoms with Gasteiger partial charge in [-0.2, -0.15) is 0 Å². The first-order valence-electron chi connectivity index (χ1n) is 7.50. The van der Waals surface area contributed by atoms with Gasteiger partial charge in [0, 0.05) is 24.4 Å². The zero-order valence-electron chi connectivity index (χ0n) is 14.1. The minimum absolute atomic E-state index is 0.0123. The fourth-order valence-corrected chi connectivity index (χ4v) is 2.98. The van der Waals surface area contributed by atoms with E-state index < -0.39 is 14.0 Å². The zero-order chi connectivity index (χ0) is 16.9. The summed E-state index contributed by atoms with van der Waals surface area (Å²) in [5.41, 5.74) is 7.34. The third kappa shape index (κ3) is 6.55. The topological polar surface area (TPSA) is 90.4 Å². The van der Waals surface area contributed by atoms with Crippen LogP contribution in [-0.2, 0) is 11.0 Å². The van der Waals surface area contributed by atoms with Crippen molar-refractivity contribution in [3.8, 4) is 0 Å². The van der Waals surface area contributed by atoms with Crippen LogP contribution in [0.1, 0.15) is 32.8 Å². The molecular formula is C15H27N3O3Si. The Hall–Kier alpha value is -1.44. The molecule has 3 N–H and O–H groups in total. The van der Waals surface area contributed by atoms with Crippen LogP contribution in [0.15, 0.2) is 18.2 Å². The number of non-ortho nitro benzene ring substituents is 1. The molecule has 0 saturated carbocycles. The Kier molecular flexibility index (Phi) is 6.52. The van der Waals surface area contributed by atoms with Crippen molar-refractivity contribution in [3.63, 3.8) is 0 Å². The van der Waals surface area contributed by atoms with Crippen molar-refractivity contribution in [2.24, 2.45) is 5.41 Å². The summed E-state index contributed by atoms with van der Waals surface area (Å²) in [4.78, 5) is 10.3. The van der Waals surface area contributed by atoms with Crippen LogP contribution in [0.5, 0.6) is 0 Å². The minimum atomic E-state index is -1.16. The van der Waals surface area contributed by atoms with Gasteiger partial charge in [-0.1, -0.05) is 20.8 Å². The van der Waals surface area contributed by atoms with Crippen molar-refractivity contribution >= 4 is 20.4 Å². The Balaban J connectivity index is 2.73. The Labute approximate surface area is 133 Å². The van der Waals surface area contributed by atoms with Crippen molar-refractivity contribution in [1.29, 1.82) is 0 Å². The number of rotatable bonds is 7. The van der Waals surface area contributed by atoms with Crippen molar-refractivity contribution in [3.05, 3.63) is 33.9 Å². The zero-order valence-corrected chi connectivity index (χ0v) is 15.2. The summed E-state index contributed by atoms with van der Waals surface area (Å²) in [6, 6.07) is 4.57. The van der Waals surface area contributed by atoms with E-state index in [0.717, 1.165) is 12.0 Å². The number of nitrogen functional groups attached to an aromatic ring is 1. The lowest BCUT2D eigenvalue weighted by atomic mass is 9.91. The normalized spacial score (nSPS) is 13.4. The smallest absolute Gasteiger partial charge is 0.271 e. The summed E-state index contributed by atoms with van der Waals surface area (Å²) in [6.07, 6.45) is 0.867. The fourth-order valence-electron chi connectivity index (χ4n) is 2.13. The van der Waals surface area contributed by atoms with Gasteiger partial charge in [0.2, 0.25) is 0 Å². The molecule has 1 rings (SSSR count). The SMILES string of the molecule is C[SiH](C)OC(CC(C)(C)C)NCc1ccc([N+](=O)[O-])cc1N. The first kappa shape index (κ1) is 18.6. The van der Waals surface area contributed by atoms with Gasteiger partial charge in [0.15, 0.2) is 9.04 Å². The second-order valence-corrected chi connectivity index (χ2v) is 9.33. The lowest BCUT2D eigenvalue weighted by Gasteiger charge is -2.29. The maximum Gasteiger partial charge on any atom is 0.271 e. The van der Waals surface area contributed by atoms with Gasteiger partial charge in [-0.25, -0.2) is 0 Å². The van der Waals surface area contributed by atoms with Gasteiger partial charge in [-0.05, 0) is 36.6 Å². The highest BCUT2D eigenvalue weighted by molar-refractivity contribution is 6.48. The Morgan fingerprint density at radius 1 is 1.41 bits per heavy atom. The summed E-state index contributed by atoms with van der Waals surface area (Å²) in [5.74, 6) is 0. The molecule has 0 saturated heterocycles. The molecule has 0 spiro atoms. The molecule has 1 aromatic carbocycles. The largest absolute Gasteiger partial charge is 0.405 e. The van der Waals surface area contributed by atoms with Crippen molar-refractivity contribution < 1.29 is 9.35 Å². The second kappa shape index (κ2) is 7.71. The molecule has 0 aliphatic heterocycles. The number of benzene rings is 1. The summed E-state index contributed by atoms with van der Waals surface area (Å²) in [7, 11) is -1.16. The number of nitrogens with one attached hydrogen (secondary N) is 1. The number of nitro groups is 1. The number of nitrogens with two attached hydrogens (primary N) is 1. The van der Waals surface area contributed by atoms with Crippen LogP contribution in [0.25, 0.3) is 0 Å². The van der Waals surface area contributed by atoms with Gasteiger partial charge >= 0.3 is 0 Å². The first-order chi connectivity index (χ1) is 10.1. The van der Waals surface area contributed by atoms with E-state index in [1.165, 1.54) is 12.1 Å². The fraction of sp³-hybridized carbons (Fsp3) is 0.600. The molecule has 1 atom stereocenters. The standard InChI is InChI=1S/C15H27N3O3Si/c1-15(2,3)9-14(21-22(4)5)17-10-11-6-7-12(18(19)20)8-13(11)16/h6-8,14,17,22H,9-10,16H2,1-5H3. The van der Waals surface area contributed by atoms with Crippen LogP contribution in [0.2, 0.25) is 13.1 Å². The Bertz CT molecular complexity index is 515. The predicted molar refractivity (Wildman–Crippen MR) is 92.2 cm³/mol. The predicted octanol–water partition coefficient (Wildman–Crippen LogP) is 3.03. The van der Waals surface area contributed by atoms with Gasteiger partial charge < -0.3 is 10.2 Å². The third-order valence-electron chi connectivity index (χ3n) is 3.09. The van der Waals surface area contributed by atoms with E-state index in [-0.39, 0.29) is 17.3 Å². The lowest BCUT2D eigenvalue weighted by molar-refractivity contribution is -0.384. The molecule has 0 fully saturated rings. The first-order valence-corrected chi connectivity index (χ1v) is 10.3. The van der Waals surface area contributed by atoms with Crippen LogP contribution in [0.3, 0.4) is 0 Å². The molecular weight excluding hydrogens is 298 g/mol. The maximum atomic E-state index is 10.7. The monoisotopic (exact) mass is 325 g/mol. The second-order valence-electron chi connectivity index (χ2n) is 6.96. The van der Waals surface area contributed by atoms with E-state index in [9.17, 15) is 10.1 Å². The Morgan fingerprint density at radius 3 is 2.50 bits per heavy atom. The van der Waals surface area contributed by atoms with Gasteiger partial charge in [-0.15, -0.1) is 0 Å². The average molecular weight is 325 g/mol. The molecule has 22 heavy (non-hydrogen) atoms. The van der Waals surface area contributed by atoms with E-state index >= 15 is 0 Å². The van der Waals surface area contributed by atoms with E-state index in [1.54, 1.807) is 6.07 Å². The van der Waals surface area contributed by atoms with Crippen molar-refractivity contribution in [2.45, 2.75) is 53.1 Å². The van der Waals surface area contributed by atoms with Crippen LogP contribution in [-0.4, -0.2) is 20.2 Å². The summed E-state index contributed by atoms with van der Waals surface area (Å²) in [5, 5.41) is 14.1. The van der Waals surface area contributed by atoms with Crippen LogP contribution in [0.4, 0.5) is 11.4 Å². The highest BCUT2D eigenvalue weighted by Crippen LogP contribution is 2.23. The van der Waals surface area contributed by atoms with Gasteiger partial charge in [0.25, 0.3) is 5.69 Å². The van der Waals surface area contributed by atoms with Crippen LogP contribution < -0.4 is 11.1 Å². The van der Waals surface area contributed by atoms with Gasteiger partial charge in [0.05, 0.1) is 11.2 Å². The molecule has 124 valence electrons. The molecule has 7 heteroatoms. The molecule has 1 unspecified atom stereocenters. The van der Waals surface area contributed by atoms with Gasteiger partial charge in [0.1, 0.15) is 0 Å². The molecule has 0 bridgehead atoms. The van der Waals surface area contributed by atoms with Crippen molar-refractivity contribution in [1.82, 2.24) is 5.32 Å². The number of hydrogen-bond donors (Lipinski definition) is 2. The van der Waals surface area contributed by atoms with Crippen LogP contribution in [0, 0.1) is 15.5 Å². The van der Waals surface area contributed by atoms with E-state index in [2.05, 4.69) is 39.2 Å². The van der Waals surface area contributed by atoms with Crippen molar-refractivity contribution in [2.75, 3.05) is 5.73 Å². The minimum Gasteiger partial charge on any atom is -0.405 e. The van der Waals surface area contributed by atoms with E-state index in [1.807, 2.05) is 0 Å². The molecule has 0 radical (unpaired) electrons. The number of nitro benzene ring substituents is 1. The average Bonchev–Trinajstić information content (AvgIpc) is 2.34. The van der Waals surface area contributed by atoms with E-state index in [0.29, 0.717) is 12.2 Å². The molecule has 6 nitrogen and oxygen atoms in total. The van der Waals surface area contributed by atoms with Gasteiger partial charge in [-0.3, -0.25) is 15.4 Å². The summed E-state index contributed by atoms with van der Waals surface area (Å²) < 4.78 is 6.03. The summed E-state index contributed by atoms with van der Waals surface area (Å²) in [6.45, 7) is 11.3. The quantitative estimate of drug-likeness (QED) is 0.264. The number of anilines is 1. The molecule has 0 aromatic heterocycles.